The van der Waals surface area contributed by atoms with Gasteiger partial charge in [0.15, 0.2) is 5.78 Å². The van der Waals surface area contributed by atoms with Crippen LogP contribution in [-0.4, -0.2) is 26.8 Å². The molecule has 2 N–H and O–H groups in total. The monoisotopic (exact) mass is 486 g/mol. The van der Waals surface area contributed by atoms with E-state index >= 15 is 0 Å². The molecule has 0 atom stereocenters. The van der Waals surface area contributed by atoms with Crippen LogP contribution in [0.4, 0.5) is 5.69 Å². The van der Waals surface area contributed by atoms with Crippen molar-refractivity contribution in [2.75, 3.05) is 11.0 Å². The number of hydrogen-bond donors (Lipinski definition) is 2. The van der Waals surface area contributed by atoms with Crippen molar-refractivity contribution in [3.8, 4) is 11.1 Å². The highest BCUT2D eigenvalue weighted by atomic mass is 32.2. The lowest BCUT2D eigenvalue weighted by Gasteiger charge is -2.10. The lowest BCUT2D eigenvalue weighted by molar-refractivity contribution is 0.103. The predicted octanol–water partition coefficient (Wildman–Crippen LogP) is 6.92. The van der Waals surface area contributed by atoms with Crippen LogP contribution in [0.25, 0.3) is 11.1 Å². The molecule has 7 heteroatoms. The molecule has 0 radical (unpaired) electrons. The molecule has 0 amide bonds. The fraction of sp³-hybridized carbons (Fsp3) is 0.111. The van der Waals surface area contributed by atoms with Crippen LogP contribution in [0.15, 0.2) is 101 Å². The van der Waals surface area contributed by atoms with E-state index in [0.29, 0.717) is 11.1 Å². The fourth-order valence-corrected chi connectivity index (χ4v) is 4.57. The predicted molar refractivity (Wildman–Crippen MR) is 143 cm³/mol. The fourth-order valence-electron chi connectivity index (χ4n) is 3.48. The molecule has 0 spiro atoms. The minimum atomic E-state index is -0.0382. The highest BCUT2D eigenvalue weighted by Crippen LogP contribution is 2.26. The van der Waals surface area contributed by atoms with Crippen LogP contribution in [0.3, 0.4) is 0 Å². The second-order valence-electron chi connectivity index (χ2n) is 7.74. The Morgan fingerprint density at radius 3 is 2.62 bits per heavy atom. The molecule has 5 nitrogen and oxygen atoms in total. The van der Waals surface area contributed by atoms with Gasteiger partial charge >= 0.3 is 0 Å². The number of anilines is 1. The molecule has 4 aromatic rings. The van der Waals surface area contributed by atoms with Gasteiger partial charge < -0.3 is 9.82 Å². The average molecular weight is 487 g/mol. The molecule has 0 saturated heterocycles. The van der Waals surface area contributed by atoms with E-state index < -0.39 is 0 Å². The smallest absolute Gasteiger partial charge is 0.194 e. The normalized spacial score (nSPS) is 10.6. The number of hydrogen-bond acceptors (Lipinski definition) is 5. The number of ketones is 1. The van der Waals surface area contributed by atoms with Crippen molar-refractivity contribution in [2.45, 2.75) is 16.7 Å². The second-order valence-corrected chi connectivity index (χ2v) is 9.50. The third-order valence-electron chi connectivity index (χ3n) is 5.24. The first-order valence-corrected chi connectivity index (χ1v) is 12.8. The summed E-state index contributed by atoms with van der Waals surface area (Å²) in [5.74, 6) is -0.0382. The summed E-state index contributed by atoms with van der Waals surface area (Å²) in [6.07, 6.45) is 9.40. The SMILES string of the molecule is CSc1cccc(-c2cc(C)c(C(=O)c3cccc(NSc4cccnc4)c3)c[nH]n(C)c2)c1. The van der Waals surface area contributed by atoms with Gasteiger partial charge in [0.05, 0.1) is 0 Å². The number of nitrogens with one attached hydrogen (secondary N) is 2. The van der Waals surface area contributed by atoms with Gasteiger partial charge in [-0.25, -0.2) is 0 Å². The summed E-state index contributed by atoms with van der Waals surface area (Å²) in [7, 11) is 1.92. The highest BCUT2D eigenvalue weighted by molar-refractivity contribution is 8.00. The minimum absolute atomic E-state index is 0.0382. The van der Waals surface area contributed by atoms with Crippen molar-refractivity contribution >= 4 is 35.2 Å². The zero-order chi connectivity index (χ0) is 23.9. The largest absolute Gasteiger partial charge is 0.326 e. The van der Waals surface area contributed by atoms with E-state index in [-0.39, 0.29) is 5.78 Å². The average Bonchev–Trinajstić information content (AvgIpc) is 2.87. The first kappa shape index (κ1) is 23.7. The molecule has 2 heterocycles. The van der Waals surface area contributed by atoms with Gasteiger partial charge in [-0.05, 0) is 84.3 Å². The van der Waals surface area contributed by atoms with Gasteiger partial charge in [-0.15, -0.1) is 11.8 Å². The quantitative estimate of drug-likeness (QED) is 0.169. The van der Waals surface area contributed by atoms with Crippen molar-refractivity contribution in [2.24, 2.45) is 7.05 Å². The third-order valence-corrected chi connectivity index (χ3v) is 6.78. The summed E-state index contributed by atoms with van der Waals surface area (Å²) >= 11 is 3.17. The number of aromatic amines is 1. The van der Waals surface area contributed by atoms with Crippen molar-refractivity contribution < 1.29 is 4.79 Å². The van der Waals surface area contributed by atoms with Crippen molar-refractivity contribution in [3.63, 3.8) is 0 Å². The molecule has 0 aliphatic carbocycles. The Balaban J connectivity index is 1.66. The van der Waals surface area contributed by atoms with E-state index in [1.807, 2.05) is 61.2 Å². The molecule has 2 aromatic carbocycles. The standard InChI is InChI=1S/C27H26N4OS2/c1-19-13-22(20-7-5-10-24(15-20)33-3)18-31(2)29-17-26(19)27(32)21-8-4-9-23(14-21)30-34-25-11-6-12-28-16-25/h4-18,29-30H,1-3H3. The molecule has 0 bridgehead atoms. The van der Waals surface area contributed by atoms with Crippen molar-refractivity contribution in [1.29, 1.82) is 0 Å². The second kappa shape index (κ2) is 11.1. The number of aromatic nitrogens is 3. The van der Waals surface area contributed by atoms with E-state index in [2.05, 4.69) is 51.4 Å². The van der Waals surface area contributed by atoms with Crippen LogP contribution >= 0.6 is 23.7 Å². The number of aryl methyl sites for hydroxylation is 2. The van der Waals surface area contributed by atoms with Crippen LogP contribution < -0.4 is 4.72 Å². The molecular weight excluding hydrogens is 460 g/mol. The van der Waals surface area contributed by atoms with Crippen molar-refractivity contribution in [3.05, 3.63) is 108 Å². The minimum Gasteiger partial charge on any atom is -0.326 e. The van der Waals surface area contributed by atoms with Gasteiger partial charge in [-0.3, -0.25) is 14.5 Å². The highest BCUT2D eigenvalue weighted by Gasteiger charge is 2.13. The maximum atomic E-state index is 13.5. The summed E-state index contributed by atoms with van der Waals surface area (Å²) in [6, 6.07) is 21.9. The van der Waals surface area contributed by atoms with Gasteiger partial charge in [-0.2, -0.15) is 0 Å². The van der Waals surface area contributed by atoms with Crippen LogP contribution in [0, 0.1) is 6.92 Å². The Kier molecular flexibility index (Phi) is 7.77. The van der Waals surface area contributed by atoms with Crippen LogP contribution in [0.1, 0.15) is 21.5 Å². The maximum Gasteiger partial charge on any atom is 0.194 e. The third kappa shape index (κ3) is 5.92. The molecule has 0 fully saturated rings. The summed E-state index contributed by atoms with van der Waals surface area (Å²) < 4.78 is 5.16. The molecule has 2 aromatic heterocycles. The number of nitrogens with zero attached hydrogens (tertiary/aromatic N) is 2. The molecular formula is C27H26N4OS2. The van der Waals surface area contributed by atoms with Gasteiger partial charge in [0, 0.05) is 58.4 Å². The molecule has 0 unspecified atom stereocenters. The summed E-state index contributed by atoms with van der Waals surface area (Å²) in [6.45, 7) is 1.98. The zero-order valence-corrected chi connectivity index (χ0v) is 20.9. The lowest BCUT2D eigenvalue weighted by Crippen LogP contribution is -2.06. The molecule has 0 aliphatic rings. The van der Waals surface area contributed by atoms with Crippen LogP contribution in [0.5, 0.6) is 0 Å². The van der Waals surface area contributed by atoms with Crippen LogP contribution in [-0.2, 0) is 7.05 Å². The van der Waals surface area contributed by atoms with E-state index in [0.717, 1.165) is 27.3 Å². The Labute approximate surface area is 208 Å². The number of rotatable bonds is 7. The summed E-state index contributed by atoms with van der Waals surface area (Å²) in [5, 5.41) is 3.21. The van der Waals surface area contributed by atoms with E-state index in [4.69, 9.17) is 0 Å². The van der Waals surface area contributed by atoms with Gasteiger partial charge in [-0.1, -0.05) is 24.3 Å². The molecule has 172 valence electrons. The van der Waals surface area contributed by atoms with Crippen molar-refractivity contribution in [1.82, 2.24) is 14.8 Å². The number of carbonyl (C=O) groups is 1. The molecule has 0 aliphatic heterocycles. The van der Waals surface area contributed by atoms with Gasteiger partial charge in [0.1, 0.15) is 0 Å². The maximum absolute atomic E-state index is 13.5. The van der Waals surface area contributed by atoms with Crippen LogP contribution in [0.2, 0.25) is 0 Å². The topological polar surface area (TPSA) is 62.7 Å². The van der Waals surface area contributed by atoms with Gasteiger partial charge in [0.25, 0.3) is 0 Å². The number of thioether (sulfide) groups is 1. The number of benzene rings is 2. The molecule has 4 rings (SSSR count). The van der Waals surface area contributed by atoms with Gasteiger partial charge in [0.2, 0.25) is 0 Å². The number of carbonyl (C=O) groups excluding carboxylic acids is 1. The Morgan fingerprint density at radius 2 is 1.82 bits per heavy atom. The number of H-pyrrole nitrogens is 1. The Morgan fingerprint density at radius 1 is 1.00 bits per heavy atom. The lowest BCUT2D eigenvalue weighted by atomic mass is 9.99. The molecule has 34 heavy (non-hydrogen) atoms. The zero-order valence-electron chi connectivity index (χ0n) is 19.3. The van der Waals surface area contributed by atoms with E-state index in [1.54, 1.807) is 30.4 Å². The number of pyridine rings is 1. The first-order chi connectivity index (χ1) is 16.5. The summed E-state index contributed by atoms with van der Waals surface area (Å²) in [4.78, 5) is 19.8. The Bertz CT molecular complexity index is 1340. The molecule has 0 saturated carbocycles. The van der Waals surface area contributed by atoms with E-state index in [1.165, 1.54) is 16.8 Å². The Hall–Kier alpha value is -3.42. The van der Waals surface area contributed by atoms with E-state index in [9.17, 15) is 4.79 Å². The summed E-state index contributed by atoms with van der Waals surface area (Å²) in [5.41, 5.74) is 5.13. The first-order valence-electron chi connectivity index (χ1n) is 10.8.